The van der Waals surface area contributed by atoms with Gasteiger partial charge in [-0.1, -0.05) is 35.0 Å². The van der Waals surface area contributed by atoms with Crippen LogP contribution in [0, 0.1) is 0 Å². The molecule has 0 saturated carbocycles. The first-order chi connectivity index (χ1) is 9.72. The Hall–Kier alpha value is -2.40. The van der Waals surface area contributed by atoms with Crippen LogP contribution in [0.15, 0.2) is 59.7 Å². The number of rotatable bonds is 3. The molecule has 0 bridgehead atoms. The standard InChI is InChI=1S/C14H11ClN4O/c15-11-6-7-18(14(20)8-11)9-12-10-19(17-16-12)13-4-2-1-3-5-13/h1-8,10H,9H2. The van der Waals surface area contributed by atoms with Gasteiger partial charge in [0.15, 0.2) is 0 Å². The minimum absolute atomic E-state index is 0.160. The predicted molar refractivity (Wildman–Crippen MR) is 76.2 cm³/mol. The third kappa shape index (κ3) is 2.62. The van der Waals surface area contributed by atoms with E-state index in [1.807, 2.05) is 30.3 Å². The number of benzene rings is 1. The number of hydrogen-bond acceptors (Lipinski definition) is 3. The van der Waals surface area contributed by atoms with Gasteiger partial charge in [0.2, 0.25) is 0 Å². The van der Waals surface area contributed by atoms with Gasteiger partial charge in [0.05, 0.1) is 18.4 Å². The van der Waals surface area contributed by atoms with Crippen LogP contribution in [0.4, 0.5) is 0 Å². The van der Waals surface area contributed by atoms with Gasteiger partial charge >= 0.3 is 0 Å². The van der Waals surface area contributed by atoms with Crippen LogP contribution < -0.4 is 5.56 Å². The molecule has 0 atom stereocenters. The normalized spacial score (nSPS) is 10.7. The maximum Gasteiger partial charge on any atom is 0.252 e. The Labute approximate surface area is 120 Å². The summed E-state index contributed by atoms with van der Waals surface area (Å²) in [5.74, 6) is 0. The third-order valence-corrected chi connectivity index (χ3v) is 3.09. The van der Waals surface area contributed by atoms with Gasteiger partial charge in [0, 0.05) is 17.3 Å². The summed E-state index contributed by atoms with van der Waals surface area (Å²) in [6.45, 7) is 0.364. The van der Waals surface area contributed by atoms with Crippen LogP contribution in [0.5, 0.6) is 0 Å². The molecule has 6 heteroatoms. The molecule has 0 saturated heterocycles. The highest BCUT2D eigenvalue weighted by Crippen LogP contribution is 2.07. The van der Waals surface area contributed by atoms with Crippen LogP contribution in [-0.2, 0) is 6.54 Å². The fourth-order valence-electron chi connectivity index (χ4n) is 1.87. The Bertz CT molecular complexity index is 779. The largest absolute Gasteiger partial charge is 0.309 e. The third-order valence-electron chi connectivity index (χ3n) is 2.85. The van der Waals surface area contributed by atoms with E-state index in [4.69, 9.17) is 11.6 Å². The van der Waals surface area contributed by atoms with Crippen molar-refractivity contribution < 1.29 is 0 Å². The second-order valence-electron chi connectivity index (χ2n) is 4.30. The average Bonchev–Trinajstić information content (AvgIpc) is 2.92. The molecule has 0 unspecified atom stereocenters. The van der Waals surface area contributed by atoms with Crippen molar-refractivity contribution in [3.8, 4) is 5.69 Å². The van der Waals surface area contributed by atoms with Gasteiger partial charge in [-0.15, -0.1) is 5.10 Å². The van der Waals surface area contributed by atoms with Crippen molar-refractivity contribution >= 4 is 11.6 Å². The summed E-state index contributed by atoms with van der Waals surface area (Å²) >= 11 is 5.76. The Kier molecular flexibility index (Phi) is 3.35. The van der Waals surface area contributed by atoms with Gasteiger partial charge < -0.3 is 4.57 Å². The van der Waals surface area contributed by atoms with Gasteiger partial charge in [0.1, 0.15) is 5.69 Å². The smallest absolute Gasteiger partial charge is 0.252 e. The maximum absolute atomic E-state index is 11.7. The lowest BCUT2D eigenvalue weighted by Crippen LogP contribution is -2.18. The van der Waals surface area contributed by atoms with E-state index in [1.165, 1.54) is 10.6 Å². The highest BCUT2D eigenvalue weighted by molar-refractivity contribution is 6.30. The van der Waals surface area contributed by atoms with Gasteiger partial charge in [0.25, 0.3) is 5.56 Å². The van der Waals surface area contributed by atoms with Crippen molar-refractivity contribution in [2.75, 3.05) is 0 Å². The Balaban J connectivity index is 1.86. The zero-order chi connectivity index (χ0) is 13.9. The van der Waals surface area contributed by atoms with E-state index in [1.54, 1.807) is 23.1 Å². The van der Waals surface area contributed by atoms with E-state index in [-0.39, 0.29) is 5.56 Å². The lowest BCUT2D eigenvalue weighted by atomic mass is 10.3. The van der Waals surface area contributed by atoms with E-state index in [0.29, 0.717) is 17.3 Å². The van der Waals surface area contributed by atoms with Crippen molar-refractivity contribution in [1.29, 1.82) is 0 Å². The molecule has 100 valence electrons. The SMILES string of the molecule is O=c1cc(Cl)ccn1Cc1cn(-c2ccccc2)nn1. The molecule has 0 amide bonds. The van der Waals surface area contributed by atoms with Crippen LogP contribution in [0.1, 0.15) is 5.69 Å². The quantitative estimate of drug-likeness (QED) is 0.741. The maximum atomic E-state index is 11.7. The van der Waals surface area contributed by atoms with Gasteiger partial charge in [-0.2, -0.15) is 0 Å². The summed E-state index contributed by atoms with van der Waals surface area (Å²) in [5, 5.41) is 8.56. The molecule has 2 heterocycles. The van der Waals surface area contributed by atoms with Crippen molar-refractivity contribution in [2.45, 2.75) is 6.54 Å². The summed E-state index contributed by atoms with van der Waals surface area (Å²) in [7, 11) is 0. The highest BCUT2D eigenvalue weighted by Gasteiger charge is 2.04. The fraction of sp³-hybridized carbons (Fsp3) is 0.0714. The van der Waals surface area contributed by atoms with E-state index in [0.717, 1.165) is 5.69 Å². The topological polar surface area (TPSA) is 52.7 Å². The monoisotopic (exact) mass is 286 g/mol. The predicted octanol–water partition coefficient (Wildman–Crippen LogP) is 2.13. The van der Waals surface area contributed by atoms with Crippen LogP contribution in [-0.4, -0.2) is 19.6 Å². The lowest BCUT2D eigenvalue weighted by molar-refractivity contribution is 0.730. The molecule has 0 N–H and O–H groups in total. The molecule has 1 aromatic carbocycles. The first-order valence-electron chi connectivity index (χ1n) is 6.05. The Morgan fingerprint density at radius 2 is 1.95 bits per heavy atom. The number of pyridine rings is 1. The van der Waals surface area contributed by atoms with E-state index in [2.05, 4.69) is 10.3 Å². The number of para-hydroxylation sites is 1. The zero-order valence-electron chi connectivity index (χ0n) is 10.5. The number of hydrogen-bond donors (Lipinski definition) is 0. The minimum Gasteiger partial charge on any atom is -0.309 e. The Morgan fingerprint density at radius 1 is 1.15 bits per heavy atom. The molecule has 5 nitrogen and oxygen atoms in total. The molecule has 0 spiro atoms. The second kappa shape index (κ2) is 5.30. The molecule has 2 aromatic heterocycles. The summed E-state index contributed by atoms with van der Waals surface area (Å²) in [6.07, 6.45) is 3.45. The molecular weight excluding hydrogens is 276 g/mol. The molecule has 0 aliphatic carbocycles. The summed E-state index contributed by atoms with van der Waals surface area (Å²) in [4.78, 5) is 11.7. The zero-order valence-corrected chi connectivity index (χ0v) is 11.2. The molecule has 0 fully saturated rings. The average molecular weight is 287 g/mol. The molecule has 0 radical (unpaired) electrons. The highest BCUT2D eigenvalue weighted by atomic mass is 35.5. The number of nitrogens with zero attached hydrogens (tertiary/aromatic N) is 4. The van der Waals surface area contributed by atoms with E-state index >= 15 is 0 Å². The van der Waals surface area contributed by atoms with Crippen LogP contribution in [0.25, 0.3) is 5.69 Å². The molecule has 0 aliphatic heterocycles. The molecule has 0 aliphatic rings. The number of halogens is 1. The lowest BCUT2D eigenvalue weighted by Gasteiger charge is -2.01. The summed E-state index contributed by atoms with van der Waals surface area (Å²) in [5.41, 5.74) is 1.47. The van der Waals surface area contributed by atoms with E-state index in [9.17, 15) is 4.79 Å². The first kappa shape index (κ1) is 12.6. The second-order valence-corrected chi connectivity index (χ2v) is 4.74. The summed E-state index contributed by atoms with van der Waals surface area (Å²) in [6, 6.07) is 12.7. The number of aromatic nitrogens is 4. The van der Waals surface area contributed by atoms with Gasteiger partial charge in [-0.25, -0.2) is 4.68 Å². The molecule has 20 heavy (non-hydrogen) atoms. The van der Waals surface area contributed by atoms with Gasteiger partial charge in [-0.3, -0.25) is 4.79 Å². The van der Waals surface area contributed by atoms with Crippen molar-refractivity contribution in [1.82, 2.24) is 19.6 Å². The fourth-order valence-corrected chi connectivity index (χ4v) is 2.02. The van der Waals surface area contributed by atoms with Crippen LogP contribution in [0.3, 0.4) is 0 Å². The van der Waals surface area contributed by atoms with Crippen molar-refractivity contribution in [2.24, 2.45) is 0 Å². The Morgan fingerprint density at radius 3 is 2.70 bits per heavy atom. The van der Waals surface area contributed by atoms with Crippen molar-refractivity contribution in [3.05, 3.63) is 75.9 Å². The van der Waals surface area contributed by atoms with Gasteiger partial charge in [-0.05, 0) is 18.2 Å². The molecule has 3 rings (SSSR count). The van der Waals surface area contributed by atoms with E-state index < -0.39 is 0 Å². The van der Waals surface area contributed by atoms with Crippen LogP contribution >= 0.6 is 11.6 Å². The molecular formula is C14H11ClN4O. The first-order valence-corrected chi connectivity index (χ1v) is 6.43. The summed E-state index contributed by atoms with van der Waals surface area (Å²) < 4.78 is 3.21. The van der Waals surface area contributed by atoms with Crippen LogP contribution in [0.2, 0.25) is 5.02 Å². The minimum atomic E-state index is -0.160. The molecule has 3 aromatic rings. The van der Waals surface area contributed by atoms with Crippen molar-refractivity contribution in [3.63, 3.8) is 0 Å².